The number of benzene rings is 2. The summed E-state index contributed by atoms with van der Waals surface area (Å²) in [6, 6.07) is 13.4. The Hall–Kier alpha value is -1.53. The molecule has 0 radical (unpaired) electrons. The van der Waals surface area contributed by atoms with Gasteiger partial charge in [-0.1, -0.05) is 59.1 Å². The Kier molecular flexibility index (Phi) is 4.67. The van der Waals surface area contributed by atoms with Gasteiger partial charge in [0.15, 0.2) is 5.78 Å². The van der Waals surface area contributed by atoms with Gasteiger partial charge in [0.1, 0.15) is 5.92 Å². The monoisotopic (exact) mass is 323 g/mol. The maximum Gasteiger partial charge on any atom is 0.187 e. The molecule has 0 saturated carbocycles. The van der Waals surface area contributed by atoms with Gasteiger partial charge < -0.3 is 0 Å². The van der Waals surface area contributed by atoms with E-state index >= 15 is 0 Å². The van der Waals surface area contributed by atoms with Gasteiger partial charge in [-0.3, -0.25) is 4.79 Å². The highest BCUT2D eigenvalue weighted by Gasteiger charge is 2.27. The minimum Gasteiger partial charge on any atom is -0.292 e. The first kappa shape index (κ1) is 14.9. The predicted octanol–water partition coefficient (Wildman–Crippen LogP) is 5.14. The topological polar surface area (TPSA) is 40.9 Å². The largest absolute Gasteiger partial charge is 0.292 e. The average Bonchev–Trinajstić information content (AvgIpc) is 2.41. The highest BCUT2D eigenvalue weighted by atomic mass is 35.5. The molecule has 2 aromatic carbocycles. The summed E-state index contributed by atoms with van der Waals surface area (Å²) in [5, 5.41) is 10.1. The fourth-order valence-corrected chi connectivity index (χ4v) is 2.68. The Morgan fingerprint density at radius 2 is 1.50 bits per heavy atom. The highest BCUT2D eigenvalue weighted by Crippen LogP contribution is 2.32. The van der Waals surface area contributed by atoms with Crippen molar-refractivity contribution in [2.24, 2.45) is 0 Å². The van der Waals surface area contributed by atoms with Crippen LogP contribution in [0.3, 0.4) is 0 Å². The number of rotatable bonds is 3. The second-order valence-corrected chi connectivity index (χ2v) is 5.27. The fraction of sp³-hybridized carbons (Fsp3) is 0.0667. The van der Waals surface area contributed by atoms with Crippen molar-refractivity contribution in [1.29, 1.82) is 5.26 Å². The zero-order chi connectivity index (χ0) is 14.7. The maximum absolute atomic E-state index is 12.5. The summed E-state index contributed by atoms with van der Waals surface area (Å²) in [7, 11) is 0. The van der Waals surface area contributed by atoms with E-state index in [9.17, 15) is 10.1 Å². The van der Waals surface area contributed by atoms with Gasteiger partial charge in [0.2, 0.25) is 0 Å². The van der Waals surface area contributed by atoms with Crippen molar-refractivity contribution in [3.63, 3.8) is 0 Å². The third-order valence-corrected chi connectivity index (χ3v) is 3.79. The first-order valence-electron chi connectivity index (χ1n) is 5.68. The zero-order valence-corrected chi connectivity index (χ0v) is 12.4. The van der Waals surface area contributed by atoms with Crippen LogP contribution in [0.15, 0.2) is 42.5 Å². The summed E-state index contributed by atoms with van der Waals surface area (Å²) in [5.74, 6) is -1.50. The number of hydrogen-bond donors (Lipinski definition) is 0. The summed E-state index contributed by atoms with van der Waals surface area (Å²) in [6.45, 7) is 0. The van der Waals surface area contributed by atoms with Gasteiger partial charge in [-0.05, 0) is 23.8 Å². The van der Waals surface area contributed by atoms with Gasteiger partial charge >= 0.3 is 0 Å². The van der Waals surface area contributed by atoms with E-state index < -0.39 is 11.7 Å². The van der Waals surface area contributed by atoms with Gasteiger partial charge in [0.25, 0.3) is 0 Å². The van der Waals surface area contributed by atoms with Crippen molar-refractivity contribution in [3.8, 4) is 6.07 Å². The molecule has 2 nitrogen and oxygen atoms in total. The second-order valence-electron chi connectivity index (χ2n) is 4.04. The molecule has 0 saturated heterocycles. The molecule has 0 fully saturated rings. The standard InChI is InChI=1S/C15H8Cl3NO/c16-11-5-2-1-4-9(11)10(8-19)15(20)14-12(17)6-3-7-13(14)18/h1-7,10H. The normalized spacial score (nSPS) is 11.7. The Bertz CT molecular complexity index is 686. The Morgan fingerprint density at radius 3 is 2.05 bits per heavy atom. The molecule has 2 aromatic rings. The minimum atomic E-state index is -1.04. The van der Waals surface area contributed by atoms with Crippen LogP contribution >= 0.6 is 34.8 Å². The lowest BCUT2D eigenvalue weighted by Crippen LogP contribution is -2.13. The summed E-state index contributed by atoms with van der Waals surface area (Å²) in [6.07, 6.45) is 0. The summed E-state index contributed by atoms with van der Waals surface area (Å²) >= 11 is 18.0. The number of carbonyl (C=O) groups excluding carboxylic acids is 1. The first-order valence-corrected chi connectivity index (χ1v) is 6.82. The van der Waals surface area contributed by atoms with E-state index in [-0.39, 0.29) is 15.6 Å². The molecule has 20 heavy (non-hydrogen) atoms. The molecule has 0 aromatic heterocycles. The van der Waals surface area contributed by atoms with Gasteiger partial charge in [-0.2, -0.15) is 5.26 Å². The molecule has 0 spiro atoms. The molecule has 0 N–H and O–H groups in total. The minimum absolute atomic E-state index is 0.141. The lowest BCUT2D eigenvalue weighted by Gasteiger charge is -2.12. The van der Waals surface area contributed by atoms with Crippen molar-refractivity contribution in [1.82, 2.24) is 0 Å². The van der Waals surface area contributed by atoms with Gasteiger partial charge in [0, 0.05) is 5.02 Å². The van der Waals surface area contributed by atoms with E-state index in [0.717, 1.165) is 0 Å². The third-order valence-electron chi connectivity index (χ3n) is 2.82. The summed E-state index contributed by atoms with van der Waals surface area (Å²) in [5.41, 5.74) is 0.583. The smallest absolute Gasteiger partial charge is 0.187 e. The molecule has 1 atom stereocenters. The number of ketones is 1. The van der Waals surface area contributed by atoms with Crippen molar-refractivity contribution in [2.75, 3.05) is 0 Å². The number of halogens is 3. The van der Waals surface area contributed by atoms with Gasteiger partial charge in [-0.25, -0.2) is 0 Å². The Morgan fingerprint density at radius 1 is 0.950 bits per heavy atom. The molecule has 0 heterocycles. The average molecular weight is 325 g/mol. The van der Waals surface area contributed by atoms with Crippen LogP contribution in [0.4, 0.5) is 0 Å². The predicted molar refractivity (Wildman–Crippen MR) is 80.6 cm³/mol. The molecular formula is C15H8Cl3NO. The SMILES string of the molecule is N#CC(C(=O)c1c(Cl)cccc1Cl)c1ccccc1Cl. The first-order chi connectivity index (χ1) is 9.56. The van der Waals surface area contributed by atoms with E-state index in [1.807, 2.05) is 6.07 Å². The molecule has 2 rings (SSSR count). The van der Waals surface area contributed by atoms with Crippen molar-refractivity contribution in [2.45, 2.75) is 5.92 Å². The molecular weight excluding hydrogens is 317 g/mol. The van der Waals surface area contributed by atoms with E-state index in [0.29, 0.717) is 10.6 Å². The number of hydrogen-bond acceptors (Lipinski definition) is 2. The molecule has 0 amide bonds. The number of carbonyl (C=O) groups is 1. The molecule has 0 aliphatic carbocycles. The van der Waals surface area contributed by atoms with Crippen LogP contribution in [0, 0.1) is 11.3 Å². The molecule has 0 aliphatic heterocycles. The summed E-state index contributed by atoms with van der Waals surface area (Å²) < 4.78 is 0. The van der Waals surface area contributed by atoms with Crippen molar-refractivity contribution in [3.05, 3.63) is 68.7 Å². The number of Topliss-reactive ketones (excluding diaryl/α,β-unsaturated/α-hetero) is 1. The van der Waals surface area contributed by atoms with Crippen LogP contribution in [0.2, 0.25) is 15.1 Å². The number of nitriles is 1. The molecule has 1 unspecified atom stereocenters. The highest BCUT2D eigenvalue weighted by molar-refractivity contribution is 6.40. The molecule has 5 heteroatoms. The van der Waals surface area contributed by atoms with Crippen LogP contribution in [-0.4, -0.2) is 5.78 Å². The maximum atomic E-state index is 12.5. The van der Waals surface area contributed by atoms with Gasteiger partial charge in [0.05, 0.1) is 21.7 Å². The van der Waals surface area contributed by atoms with E-state index in [4.69, 9.17) is 34.8 Å². The number of nitrogens with zero attached hydrogens (tertiary/aromatic N) is 1. The van der Waals surface area contributed by atoms with Crippen LogP contribution in [0.1, 0.15) is 21.8 Å². The lowest BCUT2D eigenvalue weighted by atomic mass is 9.92. The zero-order valence-electron chi connectivity index (χ0n) is 10.1. The van der Waals surface area contributed by atoms with Crippen LogP contribution in [0.25, 0.3) is 0 Å². The van der Waals surface area contributed by atoms with E-state index in [1.165, 1.54) is 0 Å². The van der Waals surface area contributed by atoms with Crippen LogP contribution in [-0.2, 0) is 0 Å². The summed E-state index contributed by atoms with van der Waals surface area (Å²) in [4.78, 5) is 12.5. The van der Waals surface area contributed by atoms with E-state index in [2.05, 4.69) is 0 Å². The quantitative estimate of drug-likeness (QED) is 0.734. The lowest BCUT2D eigenvalue weighted by molar-refractivity contribution is 0.0979. The Balaban J connectivity index is 2.52. The van der Waals surface area contributed by atoms with Gasteiger partial charge in [-0.15, -0.1) is 0 Å². The molecule has 100 valence electrons. The third kappa shape index (κ3) is 2.81. The van der Waals surface area contributed by atoms with Crippen LogP contribution < -0.4 is 0 Å². The van der Waals surface area contributed by atoms with Crippen molar-refractivity contribution < 1.29 is 4.79 Å². The second kappa shape index (κ2) is 6.28. The van der Waals surface area contributed by atoms with E-state index in [1.54, 1.807) is 42.5 Å². The molecule has 0 bridgehead atoms. The Labute approximate surface area is 131 Å². The molecule has 0 aliphatic rings. The van der Waals surface area contributed by atoms with Crippen molar-refractivity contribution >= 4 is 40.6 Å². The fourth-order valence-electron chi connectivity index (χ4n) is 1.86. The van der Waals surface area contributed by atoms with Crippen LogP contribution in [0.5, 0.6) is 0 Å².